The second-order valence-corrected chi connectivity index (χ2v) is 6.16. The van der Waals surface area contributed by atoms with Crippen molar-refractivity contribution in [2.45, 2.75) is 24.8 Å². The van der Waals surface area contributed by atoms with Crippen molar-refractivity contribution >= 4 is 23.6 Å². The number of aliphatic carboxylic acids is 1. The third kappa shape index (κ3) is 3.13. The van der Waals surface area contributed by atoms with Crippen molar-refractivity contribution in [3.63, 3.8) is 0 Å². The Labute approximate surface area is 127 Å². The normalized spacial score (nSPS) is 27.5. The third-order valence-corrected chi connectivity index (χ3v) is 4.44. The fourth-order valence-electron chi connectivity index (χ4n) is 2.86. The minimum atomic E-state index is -0.825. The van der Waals surface area contributed by atoms with Gasteiger partial charge in [0.15, 0.2) is 0 Å². The molecule has 0 radical (unpaired) electrons. The summed E-state index contributed by atoms with van der Waals surface area (Å²) < 4.78 is 0. The van der Waals surface area contributed by atoms with Crippen LogP contribution in [-0.4, -0.2) is 41.1 Å². The Morgan fingerprint density at radius 3 is 2.86 bits per heavy atom. The predicted octanol–water partition coefficient (Wildman–Crippen LogP) is 2.31. The maximum Gasteiger partial charge on any atom is 0.317 e. The standard InChI is InChI=1S/C15H17ClN2O3/c16-11-3-1-2-9(6-11)12-7-13(12)17-15(21)18-5-4-10(8-18)14(19)20/h1-3,6,10,12-13H,4-5,7-8H2,(H,17,21)(H,19,20)/t10?,12-,13+/m0/s1. The van der Waals surface area contributed by atoms with E-state index < -0.39 is 11.9 Å². The van der Waals surface area contributed by atoms with E-state index in [1.807, 2.05) is 24.3 Å². The molecule has 0 aromatic heterocycles. The number of nitrogens with one attached hydrogen (secondary N) is 1. The Bertz CT molecular complexity index is 578. The lowest BCUT2D eigenvalue weighted by molar-refractivity contribution is -0.141. The van der Waals surface area contributed by atoms with E-state index in [-0.39, 0.29) is 12.1 Å². The average Bonchev–Trinajstić information content (AvgIpc) is 3.01. The van der Waals surface area contributed by atoms with Crippen molar-refractivity contribution in [3.8, 4) is 0 Å². The van der Waals surface area contributed by atoms with Gasteiger partial charge in [0.05, 0.1) is 5.92 Å². The molecule has 1 aromatic carbocycles. The number of rotatable bonds is 3. The molecule has 112 valence electrons. The smallest absolute Gasteiger partial charge is 0.317 e. The zero-order valence-electron chi connectivity index (χ0n) is 11.5. The molecule has 2 N–H and O–H groups in total. The number of carbonyl (C=O) groups is 2. The molecule has 0 spiro atoms. The van der Waals surface area contributed by atoms with Crippen molar-refractivity contribution in [2.75, 3.05) is 13.1 Å². The summed E-state index contributed by atoms with van der Waals surface area (Å²) in [6.45, 7) is 0.813. The fraction of sp³-hybridized carbons (Fsp3) is 0.467. The van der Waals surface area contributed by atoms with Crippen LogP contribution in [0, 0.1) is 5.92 Å². The van der Waals surface area contributed by atoms with Crippen molar-refractivity contribution in [1.29, 1.82) is 0 Å². The molecule has 1 aliphatic carbocycles. The van der Waals surface area contributed by atoms with Crippen molar-refractivity contribution in [3.05, 3.63) is 34.9 Å². The second-order valence-electron chi connectivity index (χ2n) is 5.72. The third-order valence-electron chi connectivity index (χ3n) is 4.20. The summed E-state index contributed by atoms with van der Waals surface area (Å²) >= 11 is 5.97. The van der Waals surface area contributed by atoms with E-state index in [0.717, 1.165) is 12.0 Å². The van der Waals surface area contributed by atoms with Gasteiger partial charge in [-0.25, -0.2) is 4.79 Å². The lowest BCUT2D eigenvalue weighted by Crippen LogP contribution is -2.40. The van der Waals surface area contributed by atoms with Crippen LogP contribution in [0.3, 0.4) is 0 Å². The first kappa shape index (κ1) is 14.2. The van der Waals surface area contributed by atoms with Gasteiger partial charge in [-0.1, -0.05) is 23.7 Å². The summed E-state index contributed by atoms with van der Waals surface area (Å²) in [6, 6.07) is 7.64. The van der Waals surface area contributed by atoms with Crippen molar-refractivity contribution in [1.82, 2.24) is 10.2 Å². The molecule has 2 fully saturated rings. The number of amides is 2. The van der Waals surface area contributed by atoms with Gasteiger partial charge in [-0.3, -0.25) is 4.79 Å². The summed E-state index contributed by atoms with van der Waals surface area (Å²) in [5, 5.41) is 12.6. The average molecular weight is 309 g/mol. The molecular weight excluding hydrogens is 292 g/mol. The minimum Gasteiger partial charge on any atom is -0.481 e. The van der Waals surface area contributed by atoms with Gasteiger partial charge in [0, 0.05) is 30.1 Å². The lowest BCUT2D eigenvalue weighted by atomic mass is 10.1. The molecule has 2 aliphatic rings. The number of likely N-dealkylation sites (tertiary alicyclic amines) is 1. The highest BCUT2D eigenvalue weighted by Crippen LogP contribution is 2.41. The van der Waals surface area contributed by atoms with Crippen LogP contribution in [0.15, 0.2) is 24.3 Å². The number of halogens is 1. The number of carboxylic acid groups (broad SMARTS) is 1. The zero-order valence-corrected chi connectivity index (χ0v) is 12.2. The second kappa shape index (κ2) is 5.56. The van der Waals surface area contributed by atoms with Gasteiger partial charge in [-0.2, -0.15) is 0 Å². The maximum atomic E-state index is 12.1. The molecule has 1 aliphatic heterocycles. The molecule has 1 heterocycles. The zero-order chi connectivity index (χ0) is 15.0. The Hall–Kier alpha value is -1.75. The molecule has 3 atom stereocenters. The van der Waals surface area contributed by atoms with Crippen LogP contribution >= 0.6 is 11.6 Å². The summed E-state index contributed by atoms with van der Waals surface area (Å²) in [6.07, 6.45) is 1.44. The molecule has 1 saturated heterocycles. The lowest BCUT2D eigenvalue weighted by Gasteiger charge is -2.16. The Morgan fingerprint density at radius 1 is 1.38 bits per heavy atom. The SMILES string of the molecule is O=C(O)C1CCN(C(=O)N[C@@H]2C[C@H]2c2cccc(Cl)c2)C1. The van der Waals surface area contributed by atoms with Crippen LogP contribution < -0.4 is 5.32 Å². The largest absolute Gasteiger partial charge is 0.481 e. The van der Waals surface area contributed by atoms with E-state index in [1.54, 1.807) is 4.90 Å². The van der Waals surface area contributed by atoms with Gasteiger partial charge < -0.3 is 15.3 Å². The van der Waals surface area contributed by atoms with Crippen molar-refractivity contribution < 1.29 is 14.7 Å². The van der Waals surface area contributed by atoms with Gasteiger partial charge in [0.25, 0.3) is 0 Å². The van der Waals surface area contributed by atoms with Gasteiger partial charge in [0.1, 0.15) is 0 Å². The van der Waals surface area contributed by atoms with Crippen LogP contribution in [0.1, 0.15) is 24.3 Å². The predicted molar refractivity (Wildman–Crippen MR) is 78.4 cm³/mol. The molecule has 5 nitrogen and oxygen atoms in total. The quantitative estimate of drug-likeness (QED) is 0.900. The molecule has 6 heteroatoms. The van der Waals surface area contributed by atoms with E-state index in [9.17, 15) is 9.59 Å². The number of carbonyl (C=O) groups excluding carboxylic acids is 1. The molecule has 1 aromatic rings. The summed E-state index contributed by atoms with van der Waals surface area (Å²) in [7, 11) is 0. The molecular formula is C15H17ClN2O3. The van der Waals surface area contributed by atoms with Crippen LogP contribution in [0.2, 0.25) is 5.02 Å². The van der Waals surface area contributed by atoms with Crippen LogP contribution in [0.25, 0.3) is 0 Å². The summed E-state index contributed by atoms with van der Waals surface area (Å²) in [4.78, 5) is 24.6. The first-order valence-electron chi connectivity index (χ1n) is 7.08. The highest BCUT2D eigenvalue weighted by atomic mass is 35.5. The Morgan fingerprint density at radius 2 is 2.19 bits per heavy atom. The maximum absolute atomic E-state index is 12.1. The minimum absolute atomic E-state index is 0.125. The highest BCUT2D eigenvalue weighted by Gasteiger charge is 2.41. The summed E-state index contributed by atoms with van der Waals surface area (Å²) in [5.41, 5.74) is 1.14. The molecule has 2 amide bonds. The van der Waals surface area contributed by atoms with Crippen LogP contribution in [0.4, 0.5) is 4.79 Å². The number of hydrogen-bond donors (Lipinski definition) is 2. The van der Waals surface area contributed by atoms with E-state index in [0.29, 0.717) is 30.5 Å². The number of urea groups is 1. The van der Waals surface area contributed by atoms with Crippen LogP contribution in [0.5, 0.6) is 0 Å². The first-order chi connectivity index (χ1) is 10.0. The first-order valence-corrected chi connectivity index (χ1v) is 7.46. The van der Waals surface area contributed by atoms with Gasteiger partial charge in [-0.15, -0.1) is 0 Å². The Kier molecular flexibility index (Phi) is 3.76. The van der Waals surface area contributed by atoms with Crippen molar-refractivity contribution in [2.24, 2.45) is 5.92 Å². The highest BCUT2D eigenvalue weighted by molar-refractivity contribution is 6.30. The van der Waals surface area contributed by atoms with Gasteiger partial charge in [0.2, 0.25) is 0 Å². The number of nitrogens with zero attached hydrogens (tertiary/aromatic N) is 1. The number of benzene rings is 1. The van der Waals surface area contributed by atoms with E-state index in [2.05, 4.69) is 5.32 Å². The number of carboxylic acids is 1. The molecule has 3 rings (SSSR count). The Balaban J connectivity index is 1.52. The fourth-order valence-corrected chi connectivity index (χ4v) is 3.06. The van der Waals surface area contributed by atoms with E-state index >= 15 is 0 Å². The molecule has 0 bridgehead atoms. The number of hydrogen-bond acceptors (Lipinski definition) is 2. The van der Waals surface area contributed by atoms with Crippen LogP contribution in [-0.2, 0) is 4.79 Å². The van der Waals surface area contributed by atoms with Gasteiger partial charge >= 0.3 is 12.0 Å². The molecule has 1 unspecified atom stereocenters. The summed E-state index contributed by atoms with van der Waals surface area (Å²) in [5.74, 6) is -0.947. The van der Waals surface area contributed by atoms with E-state index in [4.69, 9.17) is 16.7 Å². The topological polar surface area (TPSA) is 69.6 Å². The molecule has 21 heavy (non-hydrogen) atoms. The molecule has 1 saturated carbocycles. The monoisotopic (exact) mass is 308 g/mol. The van der Waals surface area contributed by atoms with Gasteiger partial charge in [-0.05, 0) is 30.5 Å². The van der Waals surface area contributed by atoms with E-state index in [1.165, 1.54) is 0 Å².